The van der Waals surface area contributed by atoms with E-state index >= 15 is 0 Å². The molecule has 1 heterocycles. The van der Waals surface area contributed by atoms with E-state index in [4.69, 9.17) is 0 Å². The number of amides is 2. The second-order valence-electron chi connectivity index (χ2n) is 5.03. The molecule has 1 aliphatic heterocycles. The minimum Gasteiger partial charge on any atom is -0.355 e. The summed E-state index contributed by atoms with van der Waals surface area (Å²) >= 11 is 0. The second-order valence-corrected chi connectivity index (χ2v) is 5.03. The summed E-state index contributed by atoms with van der Waals surface area (Å²) in [5.41, 5.74) is -0.320. The number of hydrogen-bond acceptors (Lipinski definition) is 3. The molecule has 1 saturated heterocycles. The maximum absolute atomic E-state index is 12.5. The molecule has 18 heavy (non-hydrogen) atoms. The van der Waals surface area contributed by atoms with Crippen molar-refractivity contribution in [3.8, 4) is 0 Å². The summed E-state index contributed by atoms with van der Waals surface area (Å²) in [4.78, 5) is 25.6. The second kappa shape index (κ2) is 6.73. The molecule has 1 unspecified atom stereocenters. The minimum absolute atomic E-state index is 0.0865. The van der Waals surface area contributed by atoms with Crippen molar-refractivity contribution in [3.05, 3.63) is 0 Å². The van der Waals surface area contributed by atoms with Gasteiger partial charge >= 0.3 is 0 Å². The van der Waals surface area contributed by atoms with E-state index in [1.54, 1.807) is 11.9 Å². The van der Waals surface area contributed by atoms with Crippen LogP contribution in [0.15, 0.2) is 0 Å². The number of likely N-dealkylation sites (N-methyl/N-ethyl adjacent to an activating group) is 2. The summed E-state index contributed by atoms with van der Waals surface area (Å²) in [6, 6.07) is 0. The SMILES string of the molecule is CCNC(=O)CN(C)C(=O)C1(CC)CCCNC1. The lowest BCUT2D eigenvalue weighted by atomic mass is 9.77. The van der Waals surface area contributed by atoms with E-state index < -0.39 is 0 Å². The number of rotatable bonds is 5. The number of carbonyl (C=O) groups excluding carboxylic acids is 2. The van der Waals surface area contributed by atoms with Crippen molar-refractivity contribution in [2.45, 2.75) is 33.1 Å². The number of hydrogen-bond donors (Lipinski definition) is 2. The van der Waals surface area contributed by atoms with Gasteiger partial charge in [-0.05, 0) is 32.7 Å². The Labute approximate surface area is 109 Å². The predicted molar refractivity (Wildman–Crippen MR) is 71.1 cm³/mol. The molecule has 0 aliphatic carbocycles. The molecule has 1 aliphatic rings. The van der Waals surface area contributed by atoms with E-state index in [0.29, 0.717) is 6.54 Å². The van der Waals surface area contributed by atoms with Gasteiger partial charge in [0.25, 0.3) is 0 Å². The number of nitrogens with one attached hydrogen (secondary N) is 2. The van der Waals surface area contributed by atoms with E-state index in [1.165, 1.54) is 0 Å². The highest BCUT2D eigenvalue weighted by Gasteiger charge is 2.39. The maximum atomic E-state index is 12.5. The Bertz CT molecular complexity index is 299. The molecule has 1 atom stereocenters. The third kappa shape index (κ3) is 3.45. The normalized spacial score (nSPS) is 23.5. The first-order chi connectivity index (χ1) is 8.55. The van der Waals surface area contributed by atoms with Crippen LogP contribution in [0.5, 0.6) is 0 Å². The fourth-order valence-corrected chi connectivity index (χ4v) is 2.55. The van der Waals surface area contributed by atoms with Crippen LogP contribution < -0.4 is 10.6 Å². The molecule has 0 aromatic heterocycles. The summed E-state index contributed by atoms with van der Waals surface area (Å²) in [5.74, 6) is -0.00757. The third-order valence-electron chi connectivity index (χ3n) is 3.70. The van der Waals surface area contributed by atoms with Gasteiger partial charge in [0.2, 0.25) is 11.8 Å². The smallest absolute Gasteiger partial charge is 0.239 e. The molecule has 0 bridgehead atoms. The lowest BCUT2D eigenvalue weighted by Crippen LogP contribution is -2.52. The first kappa shape index (κ1) is 15.0. The molecule has 2 amide bonds. The van der Waals surface area contributed by atoms with E-state index in [-0.39, 0.29) is 23.8 Å². The van der Waals surface area contributed by atoms with E-state index in [9.17, 15) is 9.59 Å². The standard InChI is InChI=1S/C13H25N3O2/c1-4-13(7-6-8-14-10-13)12(18)16(3)9-11(17)15-5-2/h14H,4-10H2,1-3H3,(H,15,17). The summed E-state index contributed by atoms with van der Waals surface area (Å²) in [7, 11) is 1.71. The highest BCUT2D eigenvalue weighted by molar-refractivity contribution is 5.88. The van der Waals surface area contributed by atoms with Crippen LogP contribution in [-0.2, 0) is 9.59 Å². The highest BCUT2D eigenvalue weighted by Crippen LogP contribution is 2.31. The molecule has 0 aromatic rings. The monoisotopic (exact) mass is 255 g/mol. The Morgan fingerprint density at radius 3 is 2.61 bits per heavy atom. The summed E-state index contributed by atoms with van der Waals surface area (Å²) < 4.78 is 0. The lowest BCUT2D eigenvalue weighted by Gasteiger charge is -2.38. The van der Waals surface area contributed by atoms with Crippen LogP contribution in [0.4, 0.5) is 0 Å². The Hall–Kier alpha value is -1.10. The minimum atomic E-state index is -0.320. The Morgan fingerprint density at radius 2 is 2.11 bits per heavy atom. The van der Waals surface area contributed by atoms with Gasteiger partial charge in [0.1, 0.15) is 0 Å². The van der Waals surface area contributed by atoms with Crippen LogP contribution in [0.25, 0.3) is 0 Å². The Kier molecular flexibility index (Phi) is 5.59. The Balaban J connectivity index is 2.62. The molecule has 0 aromatic carbocycles. The average Bonchev–Trinajstić information content (AvgIpc) is 2.38. The van der Waals surface area contributed by atoms with Crippen molar-refractivity contribution in [3.63, 3.8) is 0 Å². The van der Waals surface area contributed by atoms with Crippen LogP contribution in [0.2, 0.25) is 0 Å². The molecular formula is C13H25N3O2. The molecule has 104 valence electrons. The molecule has 1 rings (SSSR count). The molecule has 1 fully saturated rings. The molecule has 0 saturated carbocycles. The van der Waals surface area contributed by atoms with Crippen molar-refractivity contribution in [1.82, 2.24) is 15.5 Å². The van der Waals surface area contributed by atoms with Gasteiger partial charge in [-0.3, -0.25) is 9.59 Å². The first-order valence-electron chi connectivity index (χ1n) is 6.78. The van der Waals surface area contributed by atoms with Crippen LogP contribution in [0, 0.1) is 5.41 Å². The zero-order valence-electron chi connectivity index (χ0n) is 11.7. The molecule has 5 nitrogen and oxygen atoms in total. The zero-order chi connectivity index (χ0) is 13.6. The zero-order valence-corrected chi connectivity index (χ0v) is 11.7. The summed E-state index contributed by atoms with van der Waals surface area (Å²) in [6.45, 7) is 6.37. The van der Waals surface area contributed by atoms with Gasteiger partial charge in [0, 0.05) is 20.1 Å². The Morgan fingerprint density at radius 1 is 1.39 bits per heavy atom. The van der Waals surface area contributed by atoms with Gasteiger partial charge in [-0.15, -0.1) is 0 Å². The van der Waals surface area contributed by atoms with Crippen molar-refractivity contribution < 1.29 is 9.59 Å². The highest BCUT2D eigenvalue weighted by atomic mass is 16.2. The molecule has 5 heteroatoms. The average molecular weight is 255 g/mol. The van der Waals surface area contributed by atoms with Gasteiger partial charge in [-0.1, -0.05) is 6.92 Å². The van der Waals surface area contributed by atoms with Crippen LogP contribution in [0.1, 0.15) is 33.1 Å². The van der Waals surface area contributed by atoms with Gasteiger partial charge in [-0.25, -0.2) is 0 Å². The van der Waals surface area contributed by atoms with Crippen LogP contribution in [-0.4, -0.2) is 49.9 Å². The topological polar surface area (TPSA) is 61.4 Å². The van der Waals surface area contributed by atoms with Gasteiger partial charge in [-0.2, -0.15) is 0 Å². The van der Waals surface area contributed by atoms with Gasteiger partial charge in [0.15, 0.2) is 0 Å². The summed E-state index contributed by atoms with van der Waals surface area (Å²) in [6.07, 6.45) is 2.75. The lowest BCUT2D eigenvalue weighted by molar-refractivity contribution is -0.144. The largest absolute Gasteiger partial charge is 0.355 e. The molecule has 0 spiro atoms. The fourth-order valence-electron chi connectivity index (χ4n) is 2.55. The van der Waals surface area contributed by atoms with Crippen LogP contribution in [0.3, 0.4) is 0 Å². The third-order valence-corrected chi connectivity index (χ3v) is 3.70. The van der Waals surface area contributed by atoms with E-state index in [1.807, 2.05) is 13.8 Å². The predicted octanol–water partition coefficient (Wildman–Crippen LogP) is 0.361. The fraction of sp³-hybridized carbons (Fsp3) is 0.846. The van der Waals surface area contributed by atoms with Crippen molar-refractivity contribution >= 4 is 11.8 Å². The van der Waals surface area contributed by atoms with Crippen LogP contribution >= 0.6 is 0 Å². The van der Waals surface area contributed by atoms with Crippen molar-refractivity contribution in [1.29, 1.82) is 0 Å². The number of nitrogens with zero attached hydrogens (tertiary/aromatic N) is 1. The quantitative estimate of drug-likeness (QED) is 0.746. The van der Waals surface area contributed by atoms with E-state index in [0.717, 1.165) is 32.4 Å². The van der Waals surface area contributed by atoms with E-state index in [2.05, 4.69) is 10.6 Å². The molecular weight excluding hydrogens is 230 g/mol. The van der Waals surface area contributed by atoms with Gasteiger partial charge in [0.05, 0.1) is 12.0 Å². The summed E-state index contributed by atoms with van der Waals surface area (Å²) in [5, 5.41) is 6.01. The maximum Gasteiger partial charge on any atom is 0.239 e. The first-order valence-corrected chi connectivity index (χ1v) is 6.78. The number of carbonyl (C=O) groups is 2. The van der Waals surface area contributed by atoms with Gasteiger partial charge < -0.3 is 15.5 Å². The molecule has 0 radical (unpaired) electrons. The molecule has 2 N–H and O–H groups in total. The van der Waals surface area contributed by atoms with Crippen molar-refractivity contribution in [2.75, 3.05) is 33.2 Å². The number of piperidine rings is 1. The van der Waals surface area contributed by atoms with Crippen molar-refractivity contribution in [2.24, 2.45) is 5.41 Å².